The quantitative estimate of drug-likeness (QED) is 0.903. The van der Waals surface area contributed by atoms with Crippen molar-refractivity contribution < 1.29 is 14.0 Å². The fraction of sp³-hybridized carbons (Fsp3) is 0.250. The molecule has 2 heterocycles. The van der Waals surface area contributed by atoms with Gasteiger partial charge in [-0.2, -0.15) is 0 Å². The predicted octanol–water partition coefficient (Wildman–Crippen LogP) is 2.49. The Bertz CT molecular complexity index is 688. The van der Waals surface area contributed by atoms with Crippen LogP contribution in [0.5, 0.6) is 0 Å². The fourth-order valence-electron chi connectivity index (χ4n) is 2.49. The van der Waals surface area contributed by atoms with Crippen LogP contribution in [0.2, 0.25) is 0 Å². The van der Waals surface area contributed by atoms with Gasteiger partial charge >= 0.3 is 6.03 Å². The average Bonchev–Trinajstić information content (AvgIpc) is 3.16. The molecular formula is C16H16FN3O2S. The summed E-state index contributed by atoms with van der Waals surface area (Å²) in [4.78, 5) is 26.6. The van der Waals surface area contributed by atoms with Gasteiger partial charge in [0.25, 0.3) is 0 Å². The molecule has 0 aliphatic carbocycles. The van der Waals surface area contributed by atoms with E-state index in [1.165, 1.54) is 12.1 Å². The van der Waals surface area contributed by atoms with Gasteiger partial charge in [0.1, 0.15) is 5.82 Å². The van der Waals surface area contributed by atoms with Crippen LogP contribution in [0.4, 0.5) is 14.9 Å². The third-order valence-corrected chi connectivity index (χ3v) is 4.48. The van der Waals surface area contributed by atoms with Gasteiger partial charge in [0.05, 0.1) is 12.6 Å². The molecule has 1 saturated heterocycles. The lowest BCUT2D eigenvalue weighted by atomic mass is 10.2. The summed E-state index contributed by atoms with van der Waals surface area (Å²) in [6.45, 7) is 0.850. The van der Waals surface area contributed by atoms with Crippen molar-refractivity contribution in [2.24, 2.45) is 0 Å². The first-order valence-electron chi connectivity index (χ1n) is 7.24. The Balaban J connectivity index is 1.53. The number of anilines is 1. The van der Waals surface area contributed by atoms with Gasteiger partial charge in [-0.15, -0.1) is 11.3 Å². The molecule has 1 aromatic heterocycles. The van der Waals surface area contributed by atoms with E-state index in [0.29, 0.717) is 18.8 Å². The Kier molecular flexibility index (Phi) is 4.57. The molecule has 2 N–H and O–H groups in total. The van der Waals surface area contributed by atoms with E-state index in [1.54, 1.807) is 28.4 Å². The summed E-state index contributed by atoms with van der Waals surface area (Å²) in [5.74, 6) is -0.428. The first-order chi connectivity index (χ1) is 11.1. The lowest BCUT2D eigenvalue weighted by Gasteiger charge is -2.17. The van der Waals surface area contributed by atoms with Gasteiger partial charge in [-0.25, -0.2) is 9.18 Å². The SMILES string of the molecule is O=C(NCc1cccs1)N[C@@H]1CC(=O)N(c2ccc(F)cc2)C1. The molecule has 0 unspecified atom stereocenters. The molecule has 5 nitrogen and oxygen atoms in total. The summed E-state index contributed by atoms with van der Waals surface area (Å²) in [5.41, 5.74) is 0.639. The largest absolute Gasteiger partial charge is 0.333 e. The van der Waals surface area contributed by atoms with Gasteiger partial charge in [0.2, 0.25) is 5.91 Å². The monoisotopic (exact) mass is 333 g/mol. The van der Waals surface area contributed by atoms with E-state index >= 15 is 0 Å². The van der Waals surface area contributed by atoms with Crippen LogP contribution in [0.3, 0.4) is 0 Å². The minimum atomic E-state index is -0.344. The molecule has 3 rings (SSSR count). The van der Waals surface area contributed by atoms with Gasteiger partial charge in [-0.1, -0.05) is 6.07 Å². The van der Waals surface area contributed by atoms with Gasteiger partial charge in [0, 0.05) is 23.5 Å². The summed E-state index contributed by atoms with van der Waals surface area (Å²) in [7, 11) is 0. The average molecular weight is 333 g/mol. The van der Waals surface area contributed by atoms with Gasteiger partial charge in [0.15, 0.2) is 0 Å². The van der Waals surface area contributed by atoms with Crippen molar-refractivity contribution in [1.29, 1.82) is 0 Å². The third-order valence-electron chi connectivity index (χ3n) is 3.60. The summed E-state index contributed by atoms with van der Waals surface area (Å²) < 4.78 is 13.0. The maximum Gasteiger partial charge on any atom is 0.315 e. The summed E-state index contributed by atoms with van der Waals surface area (Å²) in [6.07, 6.45) is 0.240. The third kappa shape index (κ3) is 3.87. The second-order valence-electron chi connectivity index (χ2n) is 5.29. The second kappa shape index (κ2) is 6.78. The number of urea groups is 1. The molecule has 120 valence electrons. The van der Waals surface area contributed by atoms with E-state index in [-0.39, 0.29) is 30.2 Å². The number of rotatable bonds is 4. The number of benzene rings is 1. The van der Waals surface area contributed by atoms with E-state index in [9.17, 15) is 14.0 Å². The van der Waals surface area contributed by atoms with Crippen molar-refractivity contribution in [2.45, 2.75) is 19.0 Å². The number of carbonyl (C=O) groups excluding carboxylic acids is 2. The van der Waals surface area contributed by atoms with Crippen LogP contribution < -0.4 is 15.5 Å². The lowest BCUT2D eigenvalue weighted by Crippen LogP contribution is -2.43. The van der Waals surface area contributed by atoms with Crippen LogP contribution in [-0.4, -0.2) is 24.5 Å². The molecule has 0 spiro atoms. The highest BCUT2D eigenvalue weighted by Gasteiger charge is 2.31. The standard InChI is InChI=1S/C16H16FN3O2S/c17-11-3-5-13(6-4-11)20-10-12(8-15(20)21)19-16(22)18-9-14-2-1-7-23-14/h1-7,12H,8-10H2,(H2,18,19,22)/t12-/m1/s1. The smallest absolute Gasteiger partial charge is 0.315 e. The molecule has 1 atom stereocenters. The number of hydrogen-bond acceptors (Lipinski definition) is 3. The normalized spacial score (nSPS) is 17.3. The van der Waals surface area contributed by atoms with Crippen molar-refractivity contribution in [3.8, 4) is 0 Å². The topological polar surface area (TPSA) is 61.4 Å². The Labute approximate surface area is 137 Å². The van der Waals surface area contributed by atoms with Crippen molar-refractivity contribution in [3.05, 3.63) is 52.5 Å². The van der Waals surface area contributed by atoms with Crippen LogP contribution in [-0.2, 0) is 11.3 Å². The maximum absolute atomic E-state index is 13.0. The molecule has 1 fully saturated rings. The Morgan fingerprint density at radius 1 is 1.30 bits per heavy atom. The van der Waals surface area contributed by atoms with E-state index in [0.717, 1.165) is 4.88 Å². The van der Waals surface area contributed by atoms with E-state index in [4.69, 9.17) is 0 Å². The Morgan fingerprint density at radius 2 is 2.09 bits per heavy atom. The number of halogens is 1. The zero-order valence-electron chi connectivity index (χ0n) is 12.3. The highest BCUT2D eigenvalue weighted by Crippen LogP contribution is 2.21. The molecule has 7 heteroatoms. The minimum Gasteiger partial charge on any atom is -0.333 e. The van der Waals surface area contributed by atoms with E-state index in [1.807, 2.05) is 17.5 Å². The second-order valence-corrected chi connectivity index (χ2v) is 6.32. The lowest BCUT2D eigenvalue weighted by molar-refractivity contribution is -0.117. The number of hydrogen-bond donors (Lipinski definition) is 2. The van der Waals surface area contributed by atoms with Crippen LogP contribution in [0.25, 0.3) is 0 Å². The zero-order chi connectivity index (χ0) is 16.2. The Morgan fingerprint density at radius 3 is 2.78 bits per heavy atom. The van der Waals surface area contributed by atoms with Gasteiger partial charge < -0.3 is 15.5 Å². The molecule has 2 aromatic rings. The van der Waals surface area contributed by atoms with Crippen LogP contribution in [0.1, 0.15) is 11.3 Å². The van der Waals surface area contributed by atoms with Gasteiger partial charge in [-0.05, 0) is 35.7 Å². The molecule has 1 aromatic carbocycles. The van der Waals surface area contributed by atoms with Crippen molar-refractivity contribution in [2.75, 3.05) is 11.4 Å². The van der Waals surface area contributed by atoms with Crippen molar-refractivity contribution >= 4 is 29.0 Å². The fourth-order valence-corrected chi connectivity index (χ4v) is 3.14. The molecule has 0 bridgehead atoms. The maximum atomic E-state index is 13.0. The first kappa shape index (κ1) is 15.5. The number of nitrogens with one attached hydrogen (secondary N) is 2. The number of thiophene rings is 1. The van der Waals surface area contributed by atoms with Crippen LogP contribution >= 0.6 is 11.3 Å². The predicted molar refractivity (Wildman–Crippen MR) is 86.8 cm³/mol. The first-order valence-corrected chi connectivity index (χ1v) is 8.12. The molecule has 3 amide bonds. The van der Waals surface area contributed by atoms with Gasteiger partial charge in [-0.3, -0.25) is 4.79 Å². The molecule has 23 heavy (non-hydrogen) atoms. The highest BCUT2D eigenvalue weighted by molar-refractivity contribution is 7.09. The molecule has 1 aliphatic heterocycles. The number of nitrogens with zero attached hydrogens (tertiary/aromatic N) is 1. The van der Waals surface area contributed by atoms with E-state index in [2.05, 4.69) is 10.6 Å². The molecular weight excluding hydrogens is 317 g/mol. The highest BCUT2D eigenvalue weighted by atomic mass is 32.1. The van der Waals surface area contributed by atoms with Crippen LogP contribution in [0, 0.1) is 5.82 Å². The molecule has 1 aliphatic rings. The number of carbonyl (C=O) groups is 2. The van der Waals surface area contributed by atoms with E-state index < -0.39 is 0 Å². The van der Waals surface area contributed by atoms with Crippen molar-refractivity contribution in [3.63, 3.8) is 0 Å². The summed E-state index contributed by atoms with van der Waals surface area (Å²) >= 11 is 1.57. The van der Waals surface area contributed by atoms with Crippen LogP contribution in [0.15, 0.2) is 41.8 Å². The minimum absolute atomic E-state index is 0.0832. The molecule has 0 radical (unpaired) electrons. The van der Waals surface area contributed by atoms with Crippen molar-refractivity contribution in [1.82, 2.24) is 10.6 Å². The number of amides is 3. The molecule has 0 saturated carbocycles. The zero-order valence-corrected chi connectivity index (χ0v) is 13.1. The summed E-state index contributed by atoms with van der Waals surface area (Å²) in [5, 5.41) is 7.52. The Hall–Kier alpha value is -2.41. The summed E-state index contributed by atoms with van der Waals surface area (Å²) in [6, 6.07) is 9.08.